The molecular weight excluding hydrogens is 280 g/mol. The van der Waals surface area contributed by atoms with Gasteiger partial charge in [-0.1, -0.05) is 13.8 Å². The number of rotatable bonds is 5. The molecule has 1 saturated heterocycles. The van der Waals surface area contributed by atoms with E-state index in [1.807, 2.05) is 6.92 Å². The molecule has 3 rings (SSSR count). The number of esters is 1. The van der Waals surface area contributed by atoms with Crippen molar-refractivity contribution >= 4 is 11.8 Å². The van der Waals surface area contributed by atoms with Crippen molar-refractivity contribution in [1.82, 2.24) is 0 Å². The summed E-state index contributed by atoms with van der Waals surface area (Å²) in [6, 6.07) is 0. The second kappa shape index (κ2) is 5.63. The minimum atomic E-state index is -0.430. The highest BCUT2D eigenvalue weighted by Gasteiger charge is 2.66. The Morgan fingerprint density at radius 3 is 2.41 bits per heavy atom. The first kappa shape index (κ1) is 16.0. The van der Waals surface area contributed by atoms with Gasteiger partial charge in [0.1, 0.15) is 6.61 Å². The number of carbonyl (C=O) groups excluding carboxylic acids is 2. The predicted molar refractivity (Wildman–Crippen MR) is 82.2 cm³/mol. The van der Waals surface area contributed by atoms with Crippen molar-refractivity contribution in [2.45, 2.75) is 65.6 Å². The third kappa shape index (κ3) is 2.22. The predicted octanol–water partition coefficient (Wildman–Crippen LogP) is 2.98. The number of carbonyl (C=O) groups is 2. The largest absolute Gasteiger partial charge is 0.457 e. The Balaban J connectivity index is 1.79. The summed E-state index contributed by atoms with van der Waals surface area (Å²) in [6.07, 6.45) is 4.74. The summed E-state index contributed by atoms with van der Waals surface area (Å²) in [5, 5.41) is 0. The second-order valence-electron chi connectivity index (χ2n) is 7.69. The van der Waals surface area contributed by atoms with Gasteiger partial charge in [-0.25, -0.2) is 0 Å². The van der Waals surface area contributed by atoms with Gasteiger partial charge in [0.15, 0.2) is 5.78 Å². The van der Waals surface area contributed by atoms with Crippen LogP contribution in [0.15, 0.2) is 0 Å². The third-order valence-electron chi connectivity index (χ3n) is 6.40. The molecule has 0 spiro atoms. The Bertz CT molecular complexity index is 474. The van der Waals surface area contributed by atoms with Gasteiger partial charge in [-0.05, 0) is 63.2 Å². The highest BCUT2D eigenvalue weighted by atomic mass is 16.5. The molecule has 0 radical (unpaired) electrons. The summed E-state index contributed by atoms with van der Waals surface area (Å²) in [4.78, 5) is 23.7. The first-order valence-electron chi connectivity index (χ1n) is 8.74. The highest BCUT2D eigenvalue weighted by Crippen LogP contribution is 2.66. The number of ketones is 1. The second-order valence-corrected chi connectivity index (χ2v) is 7.69. The fraction of sp³-hybridized carbons (Fsp3) is 0.889. The van der Waals surface area contributed by atoms with Crippen LogP contribution in [0.1, 0.15) is 53.4 Å². The van der Waals surface area contributed by atoms with E-state index in [9.17, 15) is 9.59 Å². The molecule has 0 N–H and O–H groups in total. The maximum absolute atomic E-state index is 12.6. The molecule has 0 aromatic carbocycles. The average molecular weight is 308 g/mol. The van der Waals surface area contributed by atoms with E-state index >= 15 is 0 Å². The smallest absolute Gasteiger partial charge is 0.312 e. The zero-order chi connectivity index (χ0) is 16.1. The van der Waals surface area contributed by atoms with Crippen LogP contribution in [0.2, 0.25) is 0 Å². The molecule has 2 aliphatic carbocycles. The van der Waals surface area contributed by atoms with Crippen LogP contribution in [0.25, 0.3) is 0 Å². The Labute approximate surface area is 132 Å². The average Bonchev–Trinajstić information content (AvgIpc) is 3.12. The summed E-state index contributed by atoms with van der Waals surface area (Å²) in [6.45, 7) is 7.78. The molecule has 4 heteroatoms. The van der Waals surface area contributed by atoms with Crippen LogP contribution in [-0.4, -0.2) is 30.6 Å². The van der Waals surface area contributed by atoms with Gasteiger partial charge >= 0.3 is 5.97 Å². The van der Waals surface area contributed by atoms with Crippen LogP contribution in [0, 0.1) is 29.1 Å². The zero-order valence-corrected chi connectivity index (χ0v) is 14.1. The van der Waals surface area contributed by atoms with Gasteiger partial charge in [0.25, 0.3) is 0 Å². The van der Waals surface area contributed by atoms with Gasteiger partial charge in [-0.3, -0.25) is 9.59 Å². The lowest BCUT2D eigenvalue weighted by atomic mass is 9.63. The minimum Gasteiger partial charge on any atom is -0.457 e. The molecule has 7 atom stereocenters. The van der Waals surface area contributed by atoms with Crippen molar-refractivity contribution < 1.29 is 19.1 Å². The first-order valence-corrected chi connectivity index (χ1v) is 8.74. The van der Waals surface area contributed by atoms with Gasteiger partial charge in [-0.15, -0.1) is 0 Å². The van der Waals surface area contributed by atoms with Crippen LogP contribution >= 0.6 is 0 Å². The van der Waals surface area contributed by atoms with Crippen molar-refractivity contribution in [3.63, 3.8) is 0 Å². The Morgan fingerprint density at radius 2 is 1.82 bits per heavy atom. The van der Waals surface area contributed by atoms with Gasteiger partial charge < -0.3 is 9.47 Å². The lowest BCUT2D eigenvalue weighted by molar-refractivity contribution is -0.162. The van der Waals surface area contributed by atoms with E-state index in [2.05, 4.69) is 13.8 Å². The van der Waals surface area contributed by atoms with E-state index in [1.165, 1.54) is 6.92 Å². The van der Waals surface area contributed by atoms with E-state index in [1.54, 1.807) is 0 Å². The van der Waals surface area contributed by atoms with Crippen molar-refractivity contribution in [3.05, 3.63) is 0 Å². The first-order chi connectivity index (χ1) is 10.4. The van der Waals surface area contributed by atoms with Gasteiger partial charge in [0, 0.05) is 0 Å². The van der Waals surface area contributed by atoms with Gasteiger partial charge in [0.05, 0.1) is 17.6 Å². The molecule has 3 fully saturated rings. The summed E-state index contributed by atoms with van der Waals surface area (Å²) in [5.74, 6) is 1.76. The topological polar surface area (TPSA) is 52.6 Å². The Hall–Kier alpha value is -0.900. The minimum absolute atomic E-state index is 0.0921. The van der Waals surface area contributed by atoms with Crippen LogP contribution in [0.4, 0.5) is 0 Å². The number of ether oxygens (including phenoxy) is 2. The lowest BCUT2D eigenvalue weighted by Gasteiger charge is -2.39. The summed E-state index contributed by atoms with van der Waals surface area (Å²) >= 11 is 0. The molecule has 3 aliphatic rings. The van der Waals surface area contributed by atoms with E-state index < -0.39 is 5.41 Å². The zero-order valence-electron chi connectivity index (χ0n) is 14.1. The summed E-state index contributed by atoms with van der Waals surface area (Å²) in [5.41, 5.74) is -0.430. The number of hydrogen-bond acceptors (Lipinski definition) is 4. The Morgan fingerprint density at radius 1 is 1.18 bits per heavy atom. The highest BCUT2D eigenvalue weighted by molar-refractivity contribution is 5.83. The SMILES string of the molecule is CCC1OC(CC)C2C1C1CC2C(C)(C(=O)OCC(C)=O)C1. The van der Waals surface area contributed by atoms with Crippen LogP contribution < -0.4 is 0 Å². The fourth-order valence-corrected chi connectivity index (χ4v) is 5.59. The molecular formula is C18H28O4. The van der Waals surface area contributed by atoms with Crippen LogP contribution in [0.3, 0.4) is 0 Å². The third-order valence-corrected chi connectivity index (χ3v) is 6.40. The van der Waals surface area contributed by atoms with E-state index in [-0.39, 0.29) is 24.5 Å². The van der Waals surface area contributed by atoms with E-state index in [0.717, 1.165) is 25.7 Å². The molecule has 1 aliphatic heterocycles. The molecule has 2 saturated carbocycles. The van der Waals surface area contributed by atoms with Crippen LogP contribution in [-0.2, 0) is 19.1 Å². The molecule has 0 aromatic heterocycles. The fourth-order valence-electron chi connectivity index (χ4n) is 5.59. The molecule has 7 unspecified atom stereocenters. The van der Waals surface area contributed by atoms with Crippen molar-refractivity contribution in [1.29, 1.82) is 0 Å². The maximum atomic E-state index is 12.6. The molecule has 2 bridgehead atoms. The molecule has 1 heterocycles. The summed E-state index contributed by atoms with van der Waals surface area (Å²) in [7, 11) is 0. The molecule has 4 nitrogen and oxygen atoms in total. The van der Waals surface area contributed by atoms with Crippen molar-refractivity contribution in [2.24, 2.45) is 29.1 Å². The molecule has 124 valence electrons. The number of Topliss-reactive ketones (excluding diaryl/α,β-unsaturated/α-hetero) is 1. The van der Waals surface area contributed by atoms with E-state index in [0.29, 0.717) is 29.8 Å². The van der Waals surface area contributed by atoms with Gasteiger partial charge in [0.2, 0.25) is 0 Å². The standard InChI is InChI=1S/C18H28O4/c1-5-13-15-11-7-12(16(15)14(6-2)22-13)18(4,8-11)17(20)21-9-10(3)19/h11-16H,5-9H2,1-4H3. The summed E-state index contributed by atoms with van der Waals surface area (Å²) < 4.78 is 11.6. The van der Waals surface area contributed by atoms with Crippen molar-refractivity contribution in [3.8, 4) is 0 Å². The Kier molecular flexibility index (Phi) is 4.09. The molecule has 22 heavy (non-hydrogen) atoms. The lowest BCUT2D eigenvalue weighted by Crippen LogP contribution is -2.44. The normalized spacial score (nSPS) is 45.8. The van der Waals surface area contributed by atoms with Crippen LogP contribution in [0.5, 0.6) is 0 Å². The van der Waals surface area contributed by atoms with E-state index in [4.69, 9.17) is 9.47 Å². The number of fused-ring (bicyclic) bond motifs is 5. The molecule has 0 aromatic rings. The monoisotopic (exact) mass is 308 g/mol. The van der Waals surface area contributed by atoms with Crippen molar-refractivity contribution in [2.75, 3.05) is 6.61 Å². The maximum Gasteiger partial charge on any atom is 0.312 e. The van der Waals surface area contributed by atoms with Gasteiger partial charge in [-0.2, -0.15) is 0 Å². The molecule has 0 amide bonds. The number of hydrogen-bond donors (Lipinski definition) is 0. The quantitative estimate of drug-likeness (QED) is 0.733.